The first-order chi connectivity index (χ1) is 33.2. The van der Waals surface area contributed by atoms with E-state index in [0.29, 0.717) is 17.5 Å². The highest BCUT2D eigenvalue weighted by Gasteiger charge is 2.26. The van der Waals surface area contributed by atoms with E-state index in [-0.39, 0.29) is 0 Å². The summed E-state index contributed by atoms with van der Waals surface area (Å²) in [4.78, 5) is 15.5. The molecule has 0 N–H and O–H groups in total. The Kier molecular flexibility index (Phi) is 8.48. The monoisotopic (exact) mass is 870 g/mol. The fourth-order valence-corrected chi connectivity index (χ4v) is 11.5. The summed E-state index contributed by atoms with van der Waals surface area (Å²) in [6, 6.07) is 68.3. The number of aromatic nitrogens is 4. The van der Waals surface area contributed by atoms with Crippen molar-refractivity contribution in [3.05, 3.63) is 224 Å². The van der Waals surface area contributed by atoms with E-state index >= 15 is 0 Å². The van der Waals surface area contributed by atoms with Crippen LogP contribution in [0.15, 0.2) is 218 Å². The SMILES string of the molecule is C1=CCC=CC(c2ccc(-c3nc(-c4ccccc4)nc(-c4cccc(-n5c6ccc(-c7ccc8sc9ccccc9c8c7)cc6c6c7cccc8c7c(cc65)-c5ccccc5-8)c4)n3)cc2)=C1. The largest absolute Gasteiger partial charge is 0.309 e. The van der Waals surface area contributed by atoms with E-state index in [1.165, 1.54) is 80.7 Å². The van der Waals surface area contributed by atoms with Crippen LogP contribution in [0.2, 0.25) is 0 Å². The molecule has 9 aromatic carbocycles. The quantitative estimate of drug-likeness (QED) is 0.167. The van der Waals surface area contributed by atoms with Crippen molar-refractivity contribution in [1.29, 1.82) is 0 Å². The second-order valence-corrected chi connectivity index (χ2v) is 18.5. The van der Waals surface area contributed by atoms with E-state index in [0.717, 1.165) is 45.4 Å². The Bertz CT molecular complexity index is 4110. The highest BCUT2D eigenvalue weighted by atomic mass is 32.1. The van der Waals surface area contributed by atoms with E-state index in [4.69, 9.17) is 15.0 Å². The summed E-state index contributed by atoms with van der Waals surface area (Å²) < 4.78 is 5.07. The number of benzene rings is 9. The summed E-state index contributed by atoms with van der Waals surface area (Å²) in [6.45, 7) is 0. The summed E-state index contributed by atoms with van der Waals surface area (Å²) in [7, 11) is 0. The van der Waals surface area contributed by atoms with Crippen molar-refractivity contribution in [2.24, 2.45) is 0 Å². The van der Waals surface area contributed by atoms with Crippen molar-refractivity contribution in [1.82, 2.24) is 19.5 Å². The molecule has 0 saturated heterocycles. The predicted octanol–water partition coefficient (Wildman–Crippen LogP) is 16.7. The Morgan fingerprint density at radius 2 is 1.01 bits per heavy atom. The second-order valence-electron chi connectivity index (χ2n) is 17.5. The van der Waals surface area contributed by atoms with Gasteiger partial charge in [0.15, 0.2) is 17.5 Å². The first-order valence-electron chi connectivity index (χ1n) is 22.8. The van der Waals surface area contributed by atoms with Crippen molar-refractivity contribution in [3.63, 3.8) is 0 Å². The van der Waals surface area contributed by atoms with Gasteiger partial charge >= 0.3 is 0 Å². The Hall–Kier alpha value is -8.51. The fourth-order valence-electron chi connectivity index (χ4n) is 10.5. The smallest absolute Gasteiger partial charge is 0.164 e. The van der Waals surface area contributed by atoms with Gasteiger partial charge in [0, 0.05) is 53.3 Å². The van der Waals surface area contributed by atoms with Crippen molar-refractivity contribution >= 4 is 69.7 Å². The molecule has 312 valence electrons. The molecule has 0 bridgehead atoms. The van der Waals surface area contributed by atoms with Crippen LogP contribution in [-0.2, 0) is 0 Å². The van der Waals surface area contributed by atoms with Gasteiger partial charge in [0.1, 0.15) is 0 Å². The van der Waals surface area contributed by atoms with Crippen LogP contribution in [0.3, 0.4) is 0 Å². The van der Waals surface area contributed by atoms with Crippen LogP contribution in [0, 0.1) is 0 Å². The Labute approximate surface area is 390 Å². The normalized spacial score (nSPS) is 13.0. The van der Waals surface area contributed by atoms with Crippen LogP contribution >= 0.6 is 11.3 Å². The highest BCUT2D eigenvalue weighted by molar-refractivity contribution is 7.25. The molecular weight excluding hydrogens is 833 g/mol. The van der Waals surface area contributed by atoms with Gasteiger partial charge in [0.2, 0.25) is 0 Å². The molecular formula is C62H38N4S. The average molecular weight is 871 g/mol. The van der Waals surface area contributed by atoms with Crippen molar-refractivity contribution in [2.75, 3.05) is 0 Å². The third kappa shape index (κ3) is 6.09. The van der Waals surface area contributed by atoms with E-state index in [9.17, 15) is 0 Å². The molecule has 0 radical (unpaired) electrons. The molecule has 2 aliphatic rings. The maximum atomic E-state index is 5.22. The van der Waals surface area contributed by atoms with E-state index in [2.05, 4.69) is 205 Å². The second kappa shape index (κ2) is 15.0. The lowest BCUT2D eigenvalue weighted by Gasteiger charge is -2.13. The molecule has 2 aliphatic carbocycles. The number of fused-ring (bicyclic) bond motifs is 10. The molecule has 14 rings (SSSR count). The Balaban J connectivity index is 0.967. The van der Waals surface area contributed by atoms with E-state index in [1.807, 2.05) is 29.5 Å². The summed E-state index contributed by atoms with van der Waals surface area (Å²) in [5, 5.41) is 7.66. The van der Waals surface area contributed by atoms with Crippen LogP contribution in [0.25, 0.3) is 132 Å². The lowest BCUT2D eigenvalue weighted by molar-refractivity contribution is 1.07. The highest BCUT2D eigenvalue weighted by Crippen LogP contribution is 2.51. The standard InChI is InChI=1S/C62H38N4S/c1-2-5-15-38(14-4-1)39-26-28-41(29-27-39)61-63-60(40-16-6-3-7-17-40)64-62(65-61)44-18-12-19-45(34-44)66-54-32-30-42(43-31-33-57-51(35-43)48-22-10-11-25-56(48)67-57)36-53(54)59-50-24-13-23-49-46-20-8-9-21-47(46)52(58(49)50)37-55(59)66/h1,3-37H,2H2. The first kappa shape index (κ1) is 37.8. The maximum absolute atomic E-state index is 5.22. The average Bonchev–Trinajstić information content (AvgIpc) is 3.95. The fraction of sp³-hybridized carbons (Fsp3) is 0.0161. The van der Waals surface area contributed by atoms with Crippen LogP contribution in [-0.4, -0.2) is 19.5 Å². The lowest BCUT2D eigenvalue weighted by Crippen LogP contribution is -2.01. The van der Waals surface area contributed by atoms with Gasteiger partial charge in [-0.05, 0) is 110 Å². The molecule has 0 fully saturated rings. The molecule has 0 aliphatic heterocycles. The zero-order valence-electron chi connectivity index (χ0n) is 36.2. The Morgan fingerprint density at radius 1 is 0.388 bits per heavy atom. The lowest BCUT2D eigenvalue weighted by atomic mass is 9.96. The van der Waals surface area contributed by atoms with Crippen molar-refractivity contribution < 1.29 is 0 Å². The number of hydrogen-bond acceptors (Lipinski definition) is 4. The van der Waals surface area contributed by atoms with Crippen molar-refractivity contribution in [3.8, 4) is 73.2 Å². The van der Waals surface area contributed by atoms with Crippen LogP contribution in [0.1, 0.15) is 12.0 Å². The van der Waals surface area contributed by atoms with Gasteiger partial charge in [0.05, 0.1) is 11.0 Å². The van der Waals surface area contributed by atoms with E-state index in [1.54, 1.807) is 0 Å². The summed E-state index contributed by atoms with van der Waals surface area (Å²) in [5.74, 6) is 1.89. The topological polar surface area (TPSA) is 43.6 Å². The number of hydrogen-bond donors (Lipinski definition) is 0. The zero-order chi connectivity index (χ0) is 44.0. The number of rotatable bonds is 6. The predicted molar refractivity (Wildman–Crippen MR) is 282 cm³/mol. The minimum atomic E-state index is 0.622. The first-order valence-corrected chi connectivity index (χ1v) is 23.6. The minimum absolute atomic E-state index is 0.622. The molecule has 0 atom stereocenters. The zero-order valence-corrected chi connectivity index (χ0v) is 37.0. The summed E-state index contributed by atoms with van der Waals surface area (Å²) >= 11 is 1.86. The van der Waals surface area contributed by atoms with Gasteiger partial charge in [-0.2, -0.15) is 0 Å². The molecule has 5 heteroatoms. The Morgan fingerprint density at radius 3 is 1.87 bits per heavy atom. The number of nitrogens with zero attached hydrogens (tertiary/aromatic N) is 4. The van der Waals surface area contributed by atoms with Gasteiger partial charge < -0.3 is 4.57 Å². The third-order valence-electron chi connectivity index (χ3n) is 13.6. The molecule has 3 aromatic heterocycles. The molecule has 0 saturated carbocycles. The van der Waals surface area contributed by atoms with Gasteiger partial charge in [-0.25, -0.2) is 15.0 Å². The van der Waals surface area contributed by atoms with Gasteiger partial charge in [0.25, 0.3) is 0 Å². The summed E-state index contributed by atoms with van der Waals surface area (Å²) in [6.07, 6.45) is 11.8. The molecule has 4 nitrogen and oxygen atoms in total. The maximum Gasteiger partial charge on any atom is 0.164 e. The molecule has 12 aromatic rings. The molecule has 3 heterocycles. The number of allylic oxidation sites excluding steroid dienone is 6. The van der Waals surface area contributed by atoms with Gasteiger partial charge in [-0.3, -0.25) is 0 Å². The van der Waals surface area contributed by atoms with Crippen LogP contribution in [0.5, 0.6) is 0 Å². The van der Waals surface area contributed by atoms with Gasteiger partial charge in [-0.1, -0.05) is 170 Å². The van der Waals surface area contributed by atoms with Crippen molar-refractivity contribution in [2.45, 2.75) is 6.42 Å². The molecule has 0 amide bonds. The molecule has 0 unspecified atom stereocenters. The molecule has 67 heavy (non-hydrogen) atoms. The van der Waals surface area contributed by atoms with Crippen LogP contribution in [0.4, 0.5) is 0 Å². The third-order valence-corrected chi connectivity index (χ3v) is 14.7. The van der Waals surface area contributed by atoms with Gasteiger partial charge in [-0.15, -0.1) is 11.3 Å². The summed E-state index contributed by atoms with van der Waals surface area (Å²) in [5.41, 5.74) is 16.0. The number of thiophene rings is 1. The molecule has 0 spiro atoms. The minimum Gasteiger partial charge on any atom is -0.309 e. The van der Waals surface area contributed by atoms with E-state index < -0.39 is 0 Å². The van der Waals surface area contributed by atoms with Crippen LogP contribution < -0.4 is 0 Å².